The molecule has 0 bridgehead atoms. The van der Waals surface area contributed by atoms with Crippen molar-refractivity contribution < 1.29 is 10.2 Å². The van der Waals surface area contributed by atoms with Gasteiger partial charge in [0.2, 0.25) is 0 Å². The van der Waals surface area contributed by atoms with Gasteiger partial charge in [-0.25, -0.2) is 4.98 Å². The van der Waals surface area contributed by atoms with Crippen LogP contribution in [0.15, 0.2) is 53.3 Å². The van der Waals surface area contributed by atoms with E-state index in [1.165, 1.54) is 0 Å². The van der Waals surface area contributed by atoms with E-state index in [4.69, 9.17) is 5.11 Å². The predicted octanol–water partition coefficient (Wildman–Crippen LogP) is 1.50. The maximum Gasteiger partial charge on any atom is 0.260 e. The Kier molecular flexibility index (Phi) is 5.19. The number of anilines is 1. The normalized spacial score (nSPS) is 16.3. The highest BCUT2D eigenvalue weighted by Gasteiger charge is 2.21. The van der Waals surface area contributed by atoms with Gasteiger partial charge in [0.15, 0.2) is 0 Å². The lowest BCUT2D eigenvalue weighted by atomic mass is 10.1. The lowest BCUT2D eigenvalue weighted by Gasteiger charge is -2.36. The molecule has 2 aliphatic heterocycles. The van der Waals surface area contributed by atoms with Crippen LogP contribution >= 0.6 is 0 Å². The minimum atomic E-state index is -0.691. The fourth-order valence-electron chi connectivity index (χ4n) is 4.27. The fraction of sp³-hybridized carbons (Fsp3) is 0.304. The first-order chi connectivity index (χ1) is 15.1. The van der Waals surface area contributed by atoms with Crippen LogP contribution in [0.1, 0.15) is 0 Å². The second-order valence-electron chi connectivity index (χ2n) is 7.98. The Morgan fingerprint density at radius 1 is 1.03 bits per heavy atom. The Morgan fingerprint density at radius 2 is 1.84 bits per heavy atom. The third-order valence-electron chi connectivity index (χ3n) is 5.90. The summed E-state index contributed by atoms with van der Waals surface area (Å²) in [5.74, 6) is 0.567. The molecule has 8 heteroatoms. The van der Waals surface area contributed by atoms with Crippen molar-refractivity contribution in [2.45, 2.75) is 6.10 Å². The van der Waals surface area contributed by atoms with Crippen LogP contribution in [0.5, 0.6) is 0 Å². The quantitative estimate of drug-likeness (QED) is 0.390. The Bertz CT molecular complexity index is 1230. The molecule has 4 N–H and O–H groups in total. The average Bonchev–Trinajstić information content (AvgIpc) is 3.25. The summed E-state index contributed by atoms with van der Waals surface area (Å²) >= 11 is 0. The molecular weight excluding hydrogens is 394 g/mol. The first-order valence-corrected chi connectivity index (χ1v) is 10.5. The van der Waals surface area contributed by atoms with Gasteiger partial charge in [-0.05, 0) is 24.3 Å². The number of aromatic nitrogens is 3. The van der Waals surface area contributed by atoms with Crippen LogP contribution in [-0.2, 0) is 0 Å². The highest BCUT2D eigenvalue weighted by atomic mass is 16.3. The van der Waals surface area contributed by atoms with Gasteiger partial charge in [-0.2, -0.15) is 0 Å². The van der Waals surface area contributed by atoms with Crippen LogP contribution in [0.3, 0.4) is 0 Å². The molecule has 1 saturated heterocycles. The van der Waals surface area contributed by atoms with Gasteiger partial charge in [0, 0.05) is 49.7 Å². The lowest BCUT2D eigenvalue weighted by Crippen LogP contribution is -2.49. The molecule has 31 heavy (non-hydrogen) atoms. The van der Waals surface area contributed by atoms with Gasteiger partial charge in [0.25, 0.3) is 5.56 Å². The molecule has 0 amide bonds. The van der Waals surface area contributed by atoms with E-state index in [2.05, 4.69) is 36.9 Å². The molecular formula is C23H25N5O3. The van der Waals surface area contributed by atoms with Gasteiger partial charge in [0.05, 0.1) is 29.3 Å². The largest absolute Gasteiger partial charge is 0.394 e. The number of nitrogens with one attached hydrogen (secondary N) is 2. The fourth-order valence-corrected chi connectivity index (χ4v) is 4.27. The number of hydrogen-bond donors (Lipinski definition) is 4. The summed E-state index contributed by atoms with van der Waals surface area (Å²) in [6.45, 7) is 3.62. The number of fused-ring (bicyclic) bond motifs is 2. The Morgan fingerprint density at radius 3 is 2.65 bits per heavy atom. The number of β-amino-alcohol motifs (C(OH)–C–C–N with tert-alkyl or cyclic N) is 1. The van der Waals surface area contributed by atoms with Crippen molar-refractivity contribution in [3.63, 3.8) is 0 Å². The molecule has 3 aliphatic rings. The number of aliphatic hydroxyl groups is 2. The highest BCUT2D eigenvalue weighted by Crippen LogP contribution is 2.30. The van der Waals surface area contributed by atoms with Crippen LogP contribution in [0.4, 0.5) is 5.69 Å². The van der Waals surface area contributed by atoms with Gasteiger partial charge in [0.1, 0.15) is 5.82 Å². The van der Waals surface area contributed by atoms with Crippen LogP contribution in [0.2, 0.25) is 0 Å². The smallest absolute Gasteiger partial charge is 0.260 e. The van der Waals surface area contributed by atoms with E-state index >= 15 is 0 Å². The highest BCUT2D eigenvalue weighted by molar-refractivity contribution is 5.87. The minimum absolute atomic E-state index is 0.151. The standard InChI is InChI=1S/C23H25N5O3/c29-14-16(30)13-27-8-10-28(11-9-27)15-6-7-19-20(12-15)25-22(24-19)21-17-4-2-1-3-5-18(17)26-23(21)31/h1-7,12,16,29-30H,8-11,13-14H2,(H,24,25)(H,26,31). The molecule has 0 radical (unpaired) electrons. The zero-order chi connectivity index (χ0) is 21.4. The SMILES string of the molecule is O=c1[nH]c2cccccc-2c1-c1nc2ccc(N3CCN(CC(O)CO)CC3)cc2[nH]1. The summed E-state index contributed by atoms with van der Waals surface area (Å²) in [6, 6.07) is 15.7. The van der Waals surface area contributed by atoms with Crippen molar-refractivity contribution in [3.8, 4) is 22.6 Å². The summed E-state index contributed by atoms with van der Waals surface area (Å²) in [5, 5.41) is 18.7. The van der Waals surface area contributed by atoms with E-state index in [-0.39, 0.29) is 12.2 Å². The zero-order valence-corrected chi connectivity index (χ0v) is 17.1. The van der Waals surface area contributed by atoms with Gasteiger partial charge in [-0.15, -0.1) is 0 Å². The summed E-state index contributed by atoms with van der Waals surface area (Å²) in [6.07, 6.45) is -0.691. The number of piperazine rings is 1. The Hall–Kier alpha value is -3.20. The number of aromatic amines is 2. The summed E-state index contributed by atoms with van der Waals surface area (Å²) < 4.78 is 0. The first-order valence-electron chi connectivity index (χ1n) is 10.5. The third-order valence-corrected chi connectivity index (χ3v) is 5.90. The van der Waals surface area contributed by atoms with Crippen LogP contribution < -0.4 is 10.5 Å². The molecule has 1 aromatic heterocycles. The molecule has 0 spiro atoms. The Labute approximate surface area is 179 Å². The van der Waals surface area contributed by atoms with E-state index in [1.54, 1.807) is 0 Å². The van der Waals surface area contributed by atoms with Crippen molar-refractivity contribution in [1.29, 1.82) is 0 Å². The minimum Gasteiger partial charge on any atom is -0.394 e. The van der Waals surface area contributed by atoms with Crippen molar-refractivity contribution >= 4 is 16.7 Å². The monoisotopic (exact) mass is 419 g/mol. The number of imidazole rings is 1. The van der Waals surface area contributed by atoms with E-state index in [1.807, 2.05) is 36.4 Å². The van der Waals surface area contributed by atoms with E-state index in [0.29, 0.717) is 17.9 Å². The summed E-state index contributed by atoms with van der Waals surface area (Å²) in [5.41, 5.74) is 4.84. The molecule has 1 aliphatic carbocycles. The second kappa shape index (κ2) is 8.14. The van der Waals surface area contributed by atoms with Crippen molar-refractivity contribution in [3.05, 3.63) is 58.9 Å². The molecule has 1 unspecified atom stereocenters. The summed E-state index contributed by atoms with van der Waals surface area (Å²) in [7, 11) is 0. The maximum absolute atomic E-state index is 12.6. The summed E-state index contributed by atoms with van der Waals surface area (Å²) in [4.78, 5) is 28.0. The molecule has 2 aromatic rings. The molecule has 3 heterocycles. The molecule has 160 valence electrons. The van der Waals surface area contributed by atoms with E-state index in [9.17, 15) is 9.90 Å². The molecule has 8 nitrogen and oxygen atoms in total. The lowest BCUT2D eigenvalue weighted by molar-refractivity contribution is 0.0575. The topological polar surface area (TPSA) is 108 Å². The van der Waals surface area contributed by atoms with Crippen LogP contribution in [-0.4, -0.2) is 75.5 Å². The number of nitrogens with zero attached hydrogens (tertiary/aromatic N) is 3. The number of hydrogen-bond acceptors (Lipinski definition) is 6. The predicted molar refractivity (Wildman–Crippen MR) is 121 cm³/mol. The van der Waals surface area contributed by atoms with Crippen molar-refractivity contribution in [2.75, 3.05) is 44.2 Å². The van der Waals surface area contributed by atoms with Crippen molar-refractivity contribution in [2.24, 2.45) is 0 Å². The number of rotatable bonds is 5. The maximum atomic E-state index is 12.6. The third kappa shape index (κ3) is 3.81. The van der Waals surface area contributed by atoms with Gasteiger partial charge in [-0.3, -0.25) is 9.69 Å². The van der Waals surface area contributed by atoms with Crippen molar-refractivity contribution in [1.82, 2.24) is 19.9 Å². The average molecular weight is 419 g/mol. The molecule has 1 atom stereocenters. The number of H-pyrrole nitrogens is 2. The zero-order valence-electron chi connectivity index (χ0n) is 17.1. The van der Waals surface area contributed by atoms with Gasteiger partial charge >= 0.3 is 0 Å². The van der Waals surface area contributed by atoms with Crippen LogP contribution in [0, 0.1) is 0 Å². The molecule has 1 fully saturated rings. The molecule has 5 rings (SSSR count). The Balaban J connectivity index is 1.40. The van der Waals surface area contributed by atoms with E-state index in [0.717, 1.165) is 54.2 Å². The van der Waals surface area contributed by atoms with Gasteiger partial charge < -0.3 is 25.1 Å². The van der Waals surface area contributed by atoms with Gasteiger partial charge in [-0.1, -0.05) is 24.3 Å². The van der Waals surface area contributed by atoms with E-state index < -0.39 is 6.10 Å². The molecule has 0 saturated carbocycles. The number of benzene rings is 1. The van der Waals surface area contributed by atoms with Crippen LogP contribution in [0.25, 0.3) is 33.7 Å². The number of aliphatic hydroxyl groups excluding tert-OH is 2. The first kappa shape index (κ1) is 19.7. The molecule has 1 aromatic carbocycles. The second-order valence-corrected chi connectivity index (χ2v) is 7.98.